The largest absolute Gasteiger partial charge is 0.508 e. The molecule has 0 aliphatic rings. The number of hydrogen-bond acceptors (Lipinski definition) is 2. The molecule has 0 heterocycles. The normalized spacial score (nSPS) is 9.18. The Morgan fingerprint density at radius 1 is 1.55 bits per heavy atom. The second-order valence-corrected chi connectivity index (χ2v) is 2.26. The highest BCUT2D eigenvalue weighted by Crippen LogP contribution is 2.18. The van der Waals surface area contributed by atoms with Crippen molar-refractivity contribution in [1.29, 1.82) is 0 Å². The predicted octanol–water partition coefficient (Wildman–Crippen LogP) is 1.27. The van der Waals surface area contributed by atoms with E-state index in [1.165, 1.54) is 6.07 Å². The minimum Gasteiger partial charge on any atom is -0.508 e. The van der Waals surface area contributed by atoms with Gasteiger partial charge in [0, 0.05) is 5.69 Å². The molecule has 0 saturated heterocycles. The molecular weight excluding hydrogens is 142 g/mol. The molecule has 58 valence electrons. The molecule has 1 aromatic carbocycles. The van der Waals surface area contributed by atoms with E-state index in [1.54, 1.807) is 12.1 Å². The highest BCUT2D eigenvalue weighted by atomic mass is 16.3. The van der Waals surface area contributed by atoms with Gasteiger partial charge in [0.2, 0.25) is 6.41 Å². The van der Waals surface area contributed by atoms with Crippen molar-refractivity contribution in [3.8, 4) is 5.75 Å². The Kier molecular flexibility index (Phi) is 2.11. The number of amides is 1. The van der Waals surface area contributed by atoms with Gasteiger partial charge in [-0.3, -0.25) is 4.79 Å². The van der Waals surface area contributed by atoms with Crippen LogP contribution in [0.2, 0.25) is 0 Å². The number of phenols is 1. The first-order chi connectivity index (χ1) is 5.24. The maximum atomic E-state index is 10.0. The number of anilines is 1. The molecule has 0 unspecified atom stereocenters. The highest BCUT2D eigenvalue weighted by Gasteiger charge is 1.96. The van der Waals surface area contributed by atoms with E-state index in [-0.39, 0.29) is 5.75 Å². The summed E-state index contributed by atoms with van der Waals surface area (Å²) >= 11 is 0. The van der Waals surface area contributed by atoms with Gasteiger partial charge in [-0.15, -0.1) is 0 Å². The molecule has 2 N–H and O–H groups in total. The molecule has 0 aromatic heterocycles. The van der Waals surface area contributed by atoms with Crippen LogP contribution in [0.15, 0.2) is 18.2 Å². The van der Waals surface area contributed by atoms with E-state index < -0.39 is 0 Å². The smallest absolute Gasteiger partial charge is 0.211 e. The summed E-state index contributed by atoms with van der Waals surface area (Å²) in [7, 11) is 0. The van der Waals surface area contributed by atoms with Crippen molar-refractivity contribution in [2.24, 2.45) is 0 Å². The van der Waals surface area contributed by atoms with Gasteiger partial charge in [0.1, 0.15) is 5.75 Å². The molecule has 1 rings (SSSR count). The summed E-state index contributed by atoms with van der Waals surface area (Å²) in [6.07, 6.45) is 0.610. The monoisotopic (exact) mass is 151 g/mol. The van der Waals surface area contributed by atoms with Gasteiger partial charge < -0.3 is 10.4 Å². The Morgan fingerprint density at radius 2 is 2.27 bits per heavy atom. The standard InChI is InChI=1S/C8H9NO2/c1-6-4-7(11)2-3-8(6)9-5-10/h2-5,11H,1H3,(H,9,10). The number of hydrogen-bond donors (Lipinski definition) is 2. The fourth-order valence-corrected chi connectivity index (χ4v) is 0.873. The number of carbonyl (C=O) groups is 1. The van der Waals surface area contributed by atoms with Gasteiger partial charge in [0.05, 0.1) is 0 Å². The number of nitrogens with one attached hydrogen (secondary N) is 1. The number of benzene rings is 1. The second-order valence-electron chi connectivity index (χ2n) is 2.26. The van der Waals surface area contributed by atoms with Crippen LogP contribution < -0.4 is 5.32 Å². The molecule has 1 amide bonds. The Hall–Kier alpha value is -1.51. The van der Waals surface area contributed by atoms with Crippen molar-refractivity contribution >= 4 is 12.1 Å². The molecule has 0 saturated carbocycles. The zero-order valence-corrected chi connectivity index (χ0v) is 6.16. The Labute approximate surface area is 64.7 Å². The summed E-state index contributed by atoms with van der Waals surface area (Å²) < 4.78 is 0. The summed E-state index contributed by atoms with van der Waals surface area (Å²) in [6, 6.07) is 4.77. The van der Waals surface area contributed by atoms with Crippen LogP contribution in [-0.4, -0.2) is 11.5 Å². The zero-order chi connectivity index (χ0) is 8.27. The van der Waals surface area contributed by atoms with Crippen LogP contribution in [-0.2, 0) is 4.79 Å². The minimum atomic E-state index is 0.207. The molecule has 0 spiro atoms. The van der Waals surface area contributed by atoms with Gasteiger partial charge >= 0.3 is 0 Å². The predicted molar refractivity (Wildman–Crippen MR) is 42.5 cm³/mol. The van der Waals surface area contributed by atoms with Gasteiger partial charge in [0.15, 0.2) is 0 Å². The van der Waals surface area contributed by atoms with Crippen LogP contribution in [0.5, 0.6) is 5.75 Å². The third-order valence-electron chi connectivity index (χ3n) is 1.42. The van der Waals surface area contributed by atoms with E-state index in [2.05, 4.69) is 5.32 Å². The van der Waals surface area contributed by atoms with E-state index in [0.717, 1.165) is 11.3 Å². The van der Waals surface area contributed by atoms with Crippen LogP contribution in [0, 0.1) is 6.92 Å². The Balaban J connectivity index is 2.98. The molecular formula is C8H9NO2. The maximum Gasteiger partial charge on any atom is 0.211 e. The Morgan fingerprint density at radius 3 is 2.82 bits per heavy atom. The fourth-order valence-electron chi connectivity index (χ4n) is 0.873. The van der Waals surface area contributed by atoms with Crippen LogP contribution in [0.3, 0.4) is 0 Å². The summed E-state index contributed by atoms with van der Waals surface area (Å²) in [5, 5.41) is 11.5. The molecule has 11 heavy (non-hydrogen) atoms. The molecule has 0 fully saturated rings. The first kappa shape index (κ1) is 7.60. The van der Waals surface area contributed by atoms with Gasteiger partial charge in [-0.05, 0) is 30.7 Å². The van der Waals surface area contributed by atoms with E-state index in [9.17, 15) is 4.79 Å². The molecule has 0 atom stereocenters. The number of rotatable bonds is 2. The summed E-state index contributed by atoms with van der Waals surface area (Å²) in [5.74, 6) is 0.207. The van der Waals surface area contributed by atoms with Gasteiger partial charge in [-0.25, -0.2) is 0 Å². The SMILES string of the molecule is Cc1cc(O)ccc1NC=O. The fraction of sp³-hybridized carbons (Fsp3) is 0.125. The summed E-state index contributed by atoms with van der Waals surface area (Å²) in [6.45, 7) is 1.81. The quantitative estimate of drug-likeness (QED) is 0.494. The average Bonchev–Trinajstić information content (AvgIpc) is 1.95. The van der Waals surface area contributed by atoms with E-state index in [1.807, 2.05) is 6.92 Å². The maximum absolute atomic E-state index is 10.0. The molecule has 0 aliphatic carbocycles. The molecule has 0 aliphatic heterocycles. The third-order valence-corrected chi connectivity index (χ3v) is 1.42. The average molecular weight is 151 g/mol. The second kappa shape index (κ2) is 3.05. The number of carbonyl (C=O) groups excluding carboxylic acids is 1. The number of aromatic hydroxyl groups is 1. The molecule has 0 bridgehead atoms. The molecule has 3 heteroatoms. The Bertz CT molecular complexity index is 271. The lowest BCUT2D eigenvalue weighted by Crippen LogP contribution is -1.95. The number of aryl methyl sites for hydroxylation is 1. The summed E-state index contributed by atoms with van der Waals surface area (Å²) in [4.78, 5) is 10.0. The lowest BCUT2D eigenvalue weighted by Gasteiger charge is -2.02. The van der Waals surface area contributed by atoms with Crippen molar-refractivity contribution in [2.45, 2.75) is 6.92 Å². The molecule has 3 nitrogen and oxygen atoms in total. The van der Waals surface area contributed by atoms with Gasteiger partial charge in [-0.1, -0.05) is 0 Å². The third kappa shape index (κ3) is 1.70. The topological polar surface area (TPSA) is 49.3 Å². The van der Waals surface area contributed by atoms with Crippen molar-refractivity contribution in [3.63, 3.8) is 0 Å². The van der Waals surface area contributed by atoms with Crippen molar-refractivity contribution in [1.82, 2.24) is 0 Å². The van der Waals surface area contributed by atoms with Crippen molar-refractivity contribution in [2.75, 3.05) is 5.32 Å². The van der Waals surface area contributed by atoms with E-state index in [0.29, 0.717) is 6.41 Å². The van der Waals surface area contributed by atoms with E-state index >= 15 is 0 Å². The van der Waals surface area contributed by atoms with Crippen molar-refractivity contribution < 1.29 is 9.90 Å². The zero-order valence-electron chi connectivity index (χ0n) is 6.16. The molecule has 1 aromatic rings. The highest BCUT2D eigenvalue weighted by molar-refractivity contribution is 5.73. The lowest BCUT2D eigenvalue weighted by atomic mass is 10.2. The van der Waals surface area contributed by atoms with Crippen LogP contribution in [0.25, 0.3) is 0 Å². The first-order valence-electron chi connectivity index (χ1n) is 3.24. The minimum absolute atomic E-state index is 0.207. The van der Waals surface area contributed by atoms with Gasteiger partial charge in [-0.2, -0.15) is 0 Å². The van der Waals surface area contributed by atoms with E-state index in [4.69, 9.17) is 5.11 Å². The lowest BCUT2D eigenvalue weighted by molar-refractivity contribution is -0.105. The first-order valence-corrected chi connectivity index (χ1v) is 3.24. The van der Waals surface area contributed by atoms with Gasteiger partial charge in [0.25, 0.3) is 0 Å². The van der Waals surface area contributed by atoms with Crippen molar-refractivity contribution in [3.05, 3.63) is 23.8 Å². The van der Waals surface area contributed by atoms with Crippen LogP contribution in [0.1, 0.15) is 5.56 Å². The molecule has 0 radical (unpaired) electrons. The summed E-state index contributed by atoms with van der Waals surface area (Å²) in [5.41, 5.74) is 1.56. The van der Waals surface area contributed by atoms with Crippen LogP contribution in [0.4, 0.5) is 5.69 Å². The van der Waals surface area contributed by atoms with Crippen LogP contribution >= 0.6 is 0 Å². The number of phenolic OH excluding ortho intramolecular Hbond substituents is 1.